The van der Waals surface area contributed by atoms with E-state index >= 15 is 0 Å². The molecule has 0 saturated heterocycles. The van der Waals surface area contributed by atoms with E-state index in [1.165, 1.54) is 6.42 Å². The molecule has 22 heavy (non-hydrogen) atoms. The van der Waals surface area contributed by atoms with Crippen LogP contribution < -0.4 is 0 Å². The number of rotatable bonds is 5. The summed E-state index contributed by atoms with van der Waals surface area (Å²) < 4.78 is 5.77. The maximum absolute atomic E-state index is 12.3. The van der Waals surface area contributed by atoms with E-state index in [0.717, 1.165) is 30.7 Å². The minimum absolute atomic E-state index is 0.0381. The summed E-state index contributed by atoms with van der Waals surface area (Å²) in [5, 5.41) is 9.31. The third kappa shape index (κ3) is 4.11. The largest absolute Gasteiger partial charge is 0.370 e. The normalized spacial score (nSPS) is 22.8. The minimum atomic E-state index is -0.947. The molecule has 1 heterocycles. The molecule has 0 aliphatic heterocycles. The Balaban J connectivity index is 2.01. The predicted octanol–water partition coefficient (Wildman–Crippen LogP) is 2.87. The Morgan fingerprint density at radius 3 is 2.59 bits per heavy atom. The maximum atomic E-state index is 12.3. The highest BCUT2D eigenvalue weighted by Gasteiger charge is 2.27. The van der Waals surface area contributed by atoms with E-state index in [0.29, 0.717) is 5.92 Å². The summed E-state index contributed by atoms with van der Waals surface area (Å²) in [5.74, 6) is -0.451. The summed E-state index contributed by atoms with van der Waals surface area (Å²) in [5.41, 5.74) is 1.52. The van der Waals surface area contributed by atoms with Crippen LogP contribution in [-0.4, -0.2) is 28.5 Å². The molecule has 0 radical (unpaired) electrons. The summed E-state index contributed by atoms with van der Waals surface area (Å²) in [7, 11) is 0. The van der Waals surface area contributed by atoms with Crippen LogP contribution in [0.5, 0.6) is 0 Å². The van der Waals surface area contributed by atoms with Gasteiger partial charge >= 0.3 is 0 Å². The highest BCUT2D eigenvalue weighted by Crippen LogP contribution is 2.26. The van der Waals surface area contributed by atoms with Crippen molar-refractivity contribution in [2.45, 2.75) is 58.5 Å². The van der Waals surface area contributed by atoms with Crippen molar-refractivity contribution in [1.29, 1.82) is 5.26 Å². The zero-order chi connectivity index (χ0) is 16.1. The molecule has 5 nitrogen and oxygen atoms in total. The fourth-order valence-corrected chi connectivity index (χ4v) is 2.96. The molecule has 2 rings (SSSR count). The summed E-state index contributed by atoms with van der Waals surface area (Å²) in [6, 6.07) is 3.84. The van der Waals surface area contributed by atoms with Gasteiger partial charge in [-0.1, -0.05) is 19.8 Å². The molecular formula is C17H23N3O2. The van der Waals surface area contributed by atoms with Crippen molar-refractivity contribution in [3.8, 4) is 6.07 Å². The number of nitrogens with zero attached hydrogens (tertiary/aromatic N) is 3. The molecule has 0 aromatic carbocycles. The molecule has 1 saturated carbocycles. The number of aryl methyl sites for hydroxylation is 2. The second-order valence-electron chi connectivity index (χ2n) is 6.15. The van der Waals surface area contributed by atoms with Crippen LogP contribution in [0.4, 0.5) is 0 Å². The van der Waals surface area contributed by atoms with Gasteiger partial charge in [-0.25, -0.2) is 9.97 Å². The minimum Gasteiger partial charge on any atom is -0.370 e. The van der Waals surface area contributed by atoms with E-state index in [9.17, 15) is 10.1 Å². The molecule has 3 atom stereocenters. The summed E-state index contributed by atoms with van der Waals surface area (Å²) in [6.45, 7) is 5.78. The Morgan fingerprint density at radius 2 is 2.00 bits per heavy atom. The van der Waals surface area contributed by atoms with Gasteiger partial charge in [0.15, 0.2) is 17.5 Å². The zero-order valence-corrected chi connectivity index (χ0v) is 13.5. The van der Waals surface area contributed by atoms with Gasteiger partial charge in [0.2, 0.25) is 0 Å². The van der Waals surface area contributed by atoms with Crippen molar-refractivity contribution < 1.29 is 9.53 Å². The average Bonchev–Trinajstić information content (AvgIpc) is 2.46. The molecule has 1 aliphatic rings. The van der Waals surface area contributed by atoms with Gasteiger partial charge in [0.1, 0.15) is 6.61 Å². The van der Waals surface area contributed by atoms with Crippen LogP contribution in [0.15, 0.2) is 6.07 Å². The lowest BCUT2D eigenvalue weighted by molar-refractivity contribution is -0.127. The van der Waals surface area contributed by atoms with Crippen molar-refractivity contribution in [3.63, 3.8) is 0 Å². The van der Waals surface area contributed by atoms with Gasteiger partial charge in [-0.2, -0.15) is 5.26 Å². The van der Waals surface area contributed by atoms with Crippen LogP contribution >= 0.6 is 0 Å². The number of carbonyl (C=O) groups is 1. The van der Waals surface area contributed by atoms with Crippen LogP contribution in [0.1, 0.15) is 55.7 Å². The van der Waals surface area contributed by atoms with Gasteiger partial charge in [0.05, 0.1) is 12.2 Å². The topological polar surface area (TPSA) is 75.9 Å². The first-order valence-electron chi connectivity index (χ1n) is 7.87. The van der Waals surface area contributed by atoms with E-state index < -0.39 is 5.92 Å². The Bertz CT molecular complexity index is 560. The lowest BCUT2D eigenvalue weighted by Gasteiger charge is -2.28. The molecule has 0 unspecified atom stereocenters. The Labute approximate surface area is 131 Å². The van der Waals surface area contributed by atoms with Gasteiger partial charge in [-0.3, -0.25) is 4.79 Å². The molecule has 1 aromatic rings. The summed E-state index contributed by atoms with van der Waals surface area (Å²) >= 11 is 0. The molecule has 1 fully saturated rings. The van der Waals surface area contributed by atoms with Crippen LogP contribution in [-0.2, 0) is 9.53 Å². The fourth-order valence-electron chi connectivity index (χ4n) is 2.96. The smallest absolute Gasteiger partial charge is 0.183 e. The quantitative estimate of drug-likeness (QED) is 0.836. The second-order valence-corrected chi connectivity index (χ2v) is 6.15. The second kappa shape index (κ2) is 7.46. The maximum Gasteiger partial charge on any atom is 0.183 e. The zero-order valence-electron chi connectivity index (χ0n) is 13.5. The molecule has 0 amide bonds. The number of carbonyl (C=O) groups excluding carboxylic acids is 1. The number of aromatic nitrogens is 2. The molecule has 0 N–H and O–H groups in total. The van der Waals surface area contributed by atoms with Crippen LogP contribution in [0.2, 0.25) is 0 Å². The van der Waals surface area contributed by atoms with Gasteiger partial charge in [-0.15, -0.1) is 0 Å². The number of ketones is 1. The molecule has 118 valence electrons. The molecule has 0 bridgehead atoms. The van der Waals surface area contributed by atoms with Gasteiger partial charge in [-0.05, 0) is 38.7 Å². The SMILES string of the molecule is Cc1cc(C)nc([C@H](C#N)C(=O)CO[C@@H]2CCCC[C@H]2C)n1. The first-order valence-corrected chi connectivity index (χ1v) is 7.87. The van der Waals surface area contributed by atoms with Crippen LogP contribution in [0, 0.1) is 31.1 Å². The molecule has 1 aromatic heterocycles. The standard InChI is InChI=1S/C17H23N3O2/c1-11-6-4-5-7-16(11)22-10-15(21)14(9-18)17-19-12(2)8-13(3)20-17/h8,11,14,16H,4-7,10H2,1-3H3/t11-,14-,16-/m1/s1. The van der Waals surface area contributed by atoms with Gasteiger partial charge < -0.3 is 4.74 Å². The lowest BCUT2D eigenvalue weighted by Crippen LogP contribution is -2.29. The average molecular weight is 301 g/mol. The monoisotopic (exact) mass is 301 g/mol. The molecule has 0 spiro atoms. The van der Waals surface area contributed by atoms with Crippen molar-refractivity contribution >= 4 is 5.78 Å². The van der Waals surface area contributed by atoms with Gasteiger partial charge in [0.25, 0.3) is 0 Å². The van der Waals surface area contributed by atoms with Crippen molar-refractivity contribution in [2.75, 3.05) is 6.61 Å². The van der Waals surface area contributed by atoms with E-state index in [1.54, 1.807) is 0 Å². The number of ether oxygens (including phenoxy) is 1. The highest BCUT2D eigenvalue weighted by molar-refractivity contribution is 5.88. The Hall–Kier alpha value is -1.80. The van der Waals surface area contributed by atoms with Crippen LogP contribution in [0.25, 0.3) is 0 Å². The third-order valence-corrected chi connectivity index (χ3v) is 4.18. The van der Waals surface area contributed by atoms with Crippen molar-refractivity contribution in [2.24, 2.45) is 5.92 Å². The number of hydrogen-bond acceptors (Lipinski definition) is 5. The molecular weight excluding hydrogens is 278 g/mol. The van der Waals surface area contributed by atoms with E-state index in [1.807, 2.05) is 26.0 Å². The number of nitriles is 1. The molecule has 5 heteroatoms. The first kappa shape index (κ1) is 16.6. The van der Waals surface area contributed by atoms with Crippen molar-refractivity contribution in [1.82, 2.24) is 9.97 Å². The summed E-state index contributed by atoms with van der Waals surface area (Å²) in [4.78, 5) is 20.8. The summed E-state index contributed by atoms with van der Waals surface area (Å²) in [6.07, 6.45) is 4.63. The third-order valence-electron chi connectivity index (χ3n) is 4.18. The van der Waals surface area contributed by atoms with E-state index in [2.05, 4.69) is 16.9 Å². The highest BCUT2D eigenvalue weighted by atomic mass is 16.5. The fraction of sp³-hybridized carbons (Fsp3) is 0.647. The van der Waals surface area contributed by atoms with Crippen LogP contribution in [0.3, 0.4) is 0 Å². The van der Waals surface area contributed by atoms with Gasteiger partial charge in [0, 0.05) is 11.4 Å². The number of hydrogen-bond donors (Lipinski definition) is 0. The Morgan fingerprint density at radius 1 is 1.36 bits per heavy atom. The predicted molar refractivity (Wildman–Crippen MR) is 82.2 cm³/mol. The van der Waals surface area contributed by atoms with E-state index in [4.69, 9.17) is 4.74 Å². The number of Topliss-reactive ketones (excluding diaryl/α,β-unsaturated/α-hetero) is 1. The molecule has 1 aliphatic carbocycles. The van der Waals surface area contributed by atoms with E-state index in [-0.39, 0.29) is 24.3 Å². The first-order chi connectivity index (χ1) is 10.5. The lowest BCUT2D eigenvalue weighted by atomic mass is 9.88. The van der Waals surface area contributed by atoms with Crippen molar-refractivity contribution in [3.05, 3.63) is 23.3 Å². The Kier molecular flexibility index (Phi) is 5.62.